The second-order valence-electron chi connectivity index (χ2n) is 3.41. The summed E-state index contributed by atoms with van der Waals surface area (Å²) in [6, 6.07) is -0.137. The fraction of sp³-hybridized carbons (Fsp3) is 0.625. The van der Waals surface area contributed by atoms with Crippen LogP contribution in [0.2, 0.25) is 5.28 Å². The molecule has 1 aromatic heterocycles. The van der Waals surface area contributed by atoms with Crippen molar-refractivity contribution in [2.75, 3.05) is 18.7 Å². The molecule has 0 aliphatic rings. The zero-order chi connectivity index (χ0) is 13.1. The smallest absolute Gasteiger partial charge is 0.321 e. The number of methoxy groups -OCH3 is 1. The molecule has 0 amide bonds. The molecule has 96 valence electrons. The Kier molecular flexibility index (Phi) is 4.91. The molecule has 0 spiro atoms. The van der Waals surface area contributed by atoms with Gasteiger partial charge in [-0.2, -0.15) is 15.0 Å². The van der Waals surface area contributed by atoms with Crippen LogP contribution in [-0.4, -0.2) is 42.1 Å². The van der Waals surface area contributed by atoms with Crippen LogP contribution in [0.4, 0.5) is 0 Å². The summed E-state index contributed by atoms with van der Waals surface area (Å²) in [6.07, 6.45) is 0. The van der Waals surface area contributed by atoms with Crippen LogP contribution in [-0.2, 0) is 9.84 Å². The van der Waals surface area contributed by atoms with Crippen molar-refractivity contribution in [2.45, 2.75) is 12.1 Å². The lowest BCUT2D eigenvalue weighted by Gasteiger charge is -2.08. The Bertz CT molecular complexity index is 495. The van der Waals surface area contributed by atoms with Crippen LogP contribution in [0.3, 0.4) is 0 Å². The van der Waals surface area contributed by atoms with Crippen LogP contribution >= 0.6 is 23.2 Å². The third-order valence-corrected chi connectivity index (χ3v) is 4.24. The summed E-state index contributed by atoms with van der Waals surface area (Å²) >= 11 is 11.1. The number of aromatic nitrogens is 3. The van der Waals surface area contributed by atoms with Crippen molar-refractivity contribution in [2.24, 2.45) is 5.92 Å². The number of rotatable bonds is 5. The highest BCUT2D eigenvalue weighted by Crippen LogP contribution is 2.15. The average Bonchev–Trinajstić information content (AvgIpc) is 2.27. The van der Waals surface area contributed by atoms with Crippen molar-refractivity contribution in [3.8, 4) is 6.01 Å². The number of halogens is 2. The maximum absolute atomic E-state index is 11.9. The first kappa shape index (κ1) is 14.4. The van der Waals surface area contributed by atoms with E-state index in [2.05, 4.69) is 15.0 Å². The number of alkyl halides is 1. The monoisotopic (exact) mass is 299 g/mol. The predicted octanol–water partition coefficient (Wildman–Crippen LogP) is 1.18. The van der Waals surface area contributed by atoms with Crippen LogP contribution in [0.1, 0.15) is 6.92 Å². The Morgan fingerprint density at radius 3 is 2.53 bits per heavy atom. The summed E-state index contributed by atoms with van der Waals surface area (Å²) in [5, 5.41) is -0.625. The van der Waals surface area contributed by atoms with E-state index >= 15 is 0 Å². The summed E-state index contributed by atoms with van der Waals surface area (Å²) < 4.78 is 28.5. The van der Waals surface area contributed by atoms with E-state index < -0.39 is 15.0 Å². The second kappa shape index (κ2) is 5.79. The van der Waals surface area contributed by atoms with E-state index in [4.69, 9.17) is 27.9 Å². The van der Waals surface area contributed by atoms with E-state index in [1.165, 1.54) is 7.11 Å². The molecule has 1 heterocycles. The maximum atomic E-state index is 11.9. The molecule has 0 aliphatic heterocycles. The van der Waals surface area contributed by atoms with Gasteiger partial charge in [0.1, 0.15) is 0 Å². The molecule has 0 fully saturated rings. The first-order valence-corrected chi connectivity index (χ1v) is 7.19. The highest BCUT2D eigenvalue weighted by molar-refractivity contribution is 7.91. The van der Waals surface area contributed by atoms with Crippen LogP contribution in [0.25, 0.3) is 0 Å². The van der Waals surface area contributed by atoms with Crippen LogP contribution < -0.4 is 4.74 Å². The minimum atomic E-state index is -3.64. The zero-order valence-electron chi connectivity index (χ0n) is 9.22. The SMILES string of the molecule is COc1nc(Cl)nc(S(=O)(=O)CC(C)CCl)n1. The van der Waals surface area contributed by atoms with Gasteiger partial charge in [-0.3, -0.25) is 0 Å². The van der Waals surface area contributed by atoms with E-state index in [1.807, 2.05) is 0 Å². The second-order valence-corrected chi connectivity index (χ2v) is 5.99. The lowest BCUT2D eigenvalue weighted by atomic mass is 10.3. The molecule has 0 saturated heterocycles. The van der Waals surface area contributed by atoms with Gasteiger partial charge >= 0.3 is 6.01 Å². The van der Waals surface area contributed by atoms with Gasteiger partial charge in [0, 0.05) is 5.88 Å². The van der Waals surface area contributed by atoms with Gasteiger partial charge in [-0.25, -0.2) is 8.42 Å². The highest BCUT2D eigenvalue weighted by Gasteiger charge is 2.23. The lowest BCUT2D eigenvalue weighted by Crippen LogP contribution is -2.18. The molecule has 0 aliphatic carbocycles. The van der Waals surface area contributed by atoms with Gasteiger partial charge in [0.25, 0.3) is 5.16 Å². The Morgan fingerprint density at radius 1 is 1.35 bits per heavy atom. The molecule has 0 bridgehead atoms. The molecular weight excluding hydrogens is 289 g/mol. The van der Waals surface area contributed by atoms with E-state index in [0.29, 0.717) is 0 Å². The van der Waals surface area contributed by atoms with Crippen LogP contribution in [0.15, 0.2) is 5.16 Å². The standard InChI is InChI=1S/C8H11Cl2N3O3S/c1-5(3-9)4-17(14,15)8-12-6(10)11-7(13-8)16-2/h5H,3-4H2,1-2H3. The zero-order valence-corrected chi connectivity index (χ0v) is 11.6. The Balaban J connectivity index is 3.10. The molecule has 9 heteroatoms. The Hall–Kier alpha value is -0.660. The summed E-state index contributed by atoms with van der Waals surface area (Å²) in [6.45, 7) is 1.71. The Labute approximate surface area is 109 Å². The van der Waals surface area contributed by atoms with Crippen LogP contribution in [0.5, 0.6) is 6.01 Å². The maximum Gasteiger partial charge on any atom is 0.321 e. The minimum absolute atomic E-state index is 0.137. The number of ether oxygens (including phenoxy) is 1. The van der Waals surface area contributed by atoms with Gasteiger partial charge in [-0.05, 0) is 17.5 Å². The van der Waals surface area contributed by atoms with Gasteiger partial charge < -0.3 is 4.74 Å². The summed E-state index contributed by atoms with van der Waals surface area (Å²) in [5.74, 6) is -0.127. The molecule has 1 rings (SSSR count). The number of hydrogen-bond acceptors (Lipinski definition) is 6. The van der Waals surface area contributed by atoms with Gasteiger partial charge in [-0.1, -0.05) is 6.92 Å². The summed E-state index contributed by atoms with van der Waals surface area (Å²) in [7, 11) is -2.33. The molecular formula is C8H11Cl2N3O3S. The molecule has 6 nitrogen and oxygen atoms in total. The molecule has 1 aromatic rings. The topological polar surface area (TPSA) is 82.0 Å². The van der Waals surface area contributed by atoms with Crippen molar-refractivity contribution in [3.05, 3.63) is 5.28 Å². The van der Waals surface area contributed by atoms with Gasteiger partial charge in [0.05, 0.1) is 12.9 Å². The molecule has 0 saturated carbocycles. The van der Waals surface area contributed by atoms with Crippen molar-refractivity contribution in [3.63, 3.8) is 0 Å². The number of hydrogen-bond donors (Lipinski definition) is 0. The fourth-order valence-corrected chi connectivity index (χ4v) is 2.94. The van der Waals surface area contributed by atoms with Crippen molar-refractivity contribution in [1.82, 2.24) is 15.0 Å². The largest absolute Gasteiger partial charge is 0.467 e. The van der Waals surface area contributed by atoms with Crippen molar-refractivity contribution >= 4 is 33.0 Å². The molecule has 0 N–H and O–H groups in total. The lowest BCUT2D eigenvalue weighted by molar-refractivity contribution is 0.371. The molecule has 1 unspecified atom stereocenters. The van der Waals surface area contributed by atoms with E-state index in [-0.39, 0.29) is 28.8 Å². The molecule has 0 radical (unpaired) electrons. The van der Waals surface area contributed by atoms with Gasteiger partial charge in [0.15, 0.2) is 0 Å². The minimum Gasteiger partial charge on any atom is -0.467 e. The Morgan fingerprint density at radius 2 is 2.00 bits per heavy atom. The third kappa shape index (κ3) is 3.93. The first-order valence-electron chi connectivity index (χ1n) is 4.63. The summed E-state index contributed by atoms with van der Waals surface area (Å²) in [4.78, 5) is 10.8. The molecule has 0 aromatic carbocycles. The van der Waals surface area contributed by atoms with Gasteiger partial charge in [-0.15, -0.1) is 11.6 Å². The van der Waals surface area contributed by atoms with E-state index in [9.17, 15) is 8.42 Å². The first-order chi connectivity index (χ1) is 7.89. The highest BCUT2D eigenvalue weighted by atomic mass is 35.5. The van der Waals surface area contributed by atoms with E-state index in [0.717, 1.165) is 0 Å². The number of nitrogens with zero attached hydrogens (tertiary/aromatic N) is 3. The number of sulfone groups is 1. The predicted molar refractivity (Wildman–Crippen MR) is 63.3 cm³/mol. The quantitative estimate of drug-likeness (QED) is 0.759. The summed E-state index contributed by atoms with van der Waals surface area (Å²) in [5.41, 5.74) is 0. The fourth-order valence-electron chi connectivity index (χ4n) is 1.04. The van der Waals surface area contributed by atoms with E-state index in [1.54, 1.807) is 6.92 Å². The molecule has 17 heavy (non-hydrogen) atoms. The van der Waals surface area contributed by atoms with Crippen molar-refractivity contribution in [1.29, 1.82) is 0 Å². The normalized spacial score (nSPS) is 13.4. The average molecular weight is 300 g/mol. The third-order valence-electron chi connectivity index (χ3n) is 1.80. The molecule has 1 atom stereocenters. The van der Waals surface area contributed by atoms with Crippen molar-refractivity contribution < 1.29 is 13.2 Å². The van der Waals surface area contributed by atoms with Crippen LogP contribution in [0, 0.1) is 5.92 Å². The van der Waals surface area contributed by atoms with Gasteiger partial charge in [0.2, 0.25) is 15.1 Å².